The summed E-state index contributed by atoms with van der Waals surface area (Å²) in [6.07, 6.45) is 0. The van der Waals surface area contributed by atoms with Gasteiger partial charge in [-0.15, -0.1) is 0 Å². The van der Waals surface area contributed by atoms with Gasteiger partial charge in [0.25, 0.3) is 0 Å². The van der Waals surface area contributed by atoms with Crippen LogP contribution in [0.2, 0.25) is 0 Å². The predicted octanol–water partition coefficient (Wildman–Crippen LogP) is 2.25. The molecular weight excluding hydrogens is 258 g/mol. The largest absolute Gasteiger partial charge is 0.457 e. The maximum Gasteiger partial charge on any atom is 0.338 e. The second kappa shape index (κ2) is 4.70. The van der Waals surface area contributed by atoms with E-state index >= 15 is 0 Å². The van der Waals surface area contributed by atoms with Crippen LogP contribution in [0.1, 0.15) is 26.3 Å². The lowest BCUT2D eigenvalue weighted by Gasteiger charge is -2.07. The molecule has 0 spiro atoms. The molecule has 1 aliphatic rings. The van der Waals surface area contributed by atoms with E-state index in [9.17, 15) is 9.59 Å². The topological polar surface area (TPSA) is 78.6 Å². The normalized spacial score (nSPS) is 12.7. The number of nitrogens with two attached hydrogens (primary N) is 1. The second-order valence-corrected chi connectivity index (χ2v) is 4.39. The molecule has 100 valence electrons. The van der Waals surface area contributed by atoms with E-state index < -0.39 is 5.91 Å². The molecule has 0 atom stereocenters. The van der Waals surface area contributed by atoms with E-state index in [-0.39, 0.29) is 12.6 Å². The van der Waals surface area contributed by atoms with Crippen LogP contribution in [0.4, 0.5) is 0 Å². The molecule has 1 amide bonds. The molecule has 0 unspecified atom stereocenters. The Balaban J connectivity index is 1.81. The van der Waals surface area contributed by atoms with Gasteiger partial charge in [0.15, 0.2) is 0 Å². The van der Waals surface area contributed by atoms with Gasteiger partial charge in [-0.25, -0.2) is 4.79 Å². The third kappa shape index (κ3) is 2.21. The van der Waals surface area contributed by atoms with E-state index in [0.29, 0.717) is 22.6 Å². The van der Waals surface area contributed by atoms with Crippen LogP contribution >= 0.6 is 0 Å². The molecule has 3 rings (SSSR count). The zero-order valence-corrected chi connectivity index (χ0v) is 10.5. The second-order valence-electron chi connectivity index (χ2n) is 4.39. The summed E-state index contributed by atoms with van der Waals surface area (Å²) in [7, 11) is 0. The van der Waals surface area contributed by atoms with E-state index in [1.165, 1.54) is 0 Å². The molecule has 0 aliphatic carbocycles. The molecule has 1 heterocycles. The molecule has 2 N–H and O–H groups in total. The molecule has 0 saturated heterocycles. The van der Waals surface area contributed by atoms with Crippen LogP contribution in [0.25, 0.3) is 0 Å². The van der Waals surface area contributed by atoms with Crippen LogP contribution in [0.3, 0.4) is 0 Å². The van der Waals surface area contributed by atoms with Crippen LogP contribution in [-0.4, -0.2) is 11.9 Å². The average Bonchev–Trinajstić information content (AvgIpc) is 2.81. The van der Waals surface area contributed by atoms with Crippen molar-refractivity contribution in [2.75, 3.05) is 0 Å². The number of carbonyl (C=O) groups is 2. The van der Waals surface area contributed by atoms with Crippen LogP contribution < -0.4 is 10.5 Å². The van der Waals surface area contributed by atoms with E-state index in [4.69, 9.17) is 15.2 Å². The summed E-state index contributed by atoms with van der Waals surface area (Å²) < 4.78 is 10.6. The summed E-state index contributed by atoms with van der Waals surface area (Å²) in [5.41, 5.74) is 6.96. The van der Waals surface area contributed by atoms with Crippen molar-refractivity contribution < 1.29 is 19.1 Å². The summed E-state index contributed by atoms with van der Waals surface area (Å²) in [6.45, 7) is 0.270. The third-order valence-electron chi connectivity index (χ3n) is 3.03. The maximum atomic E-state index is 11.3. The van der Waals surface area contributed by atoms with Gasteiger partial charge in [-0.2, -0.15) is 0 Å². The lowest BCUT2D eigenvalue weighted by Crippen LogP contribution is -2.10. The van der Waals surface area contributed by atoms with Crippen molar-refractivity contribution in [2.24, 2.45) is 5.73 Å². The number of carbonyl (C=O) groups excluding carboxylic acids is 2. The van der Waals surface area contributed by atoms with Crippen molar-refractivity contribution in [3.8, 4) is 11.5 Å². The van der Waals surface area contributed by atoms with Crippen LogP contribution in [0, 0.1) is 0 Å². The Bertz CT molecular complexity index is 692. The van der Waals surface area contributed by atoms with E-state index in [2.05, 4.69) is 0 Å². The number of esters is 1. The molecule has 0 saturated carbocycles. The summed E-state index contributed by atoms with van der Waals surface area (Å²) in [4.78, 5) is 22.3. The fraction of sp³-hybridized carbons (Fsp3) is 0.0667. The highest BCUT2D eigenvalue weighted by Crippen LogP contribution is 2.28. The highest BCUT2D eigenvalue weighted by atomic mass is 16.5. The van der Waals surface area contributed by atoms with Gasteiger partial charge in [0.1, 0.15) is 18.1 Å². The minimum Gasteiger partial charge on any atom is -0.457 e. The molecule has 0 radical (unpaired) electrons. The number of benzene rings is 2. The summed E-state index contributed by atoms with van der Waals surface area (Å²) in [5, 5.41) is 0. The zero-order valence-electron chi connectivity index (χ0n) is 10.5. The van der Waals surface area contributed by atoms with Crippen molar-refractivity contribution in [1.82, 2.24) is 0 Å². The van der Waals surface area contributed by atoms with Crippen molar-refractivity contribution in [3.63, 3.8) is 0 Å². The Hall–Kier alpha value is -2.82. The molecule has 5 nitrogen and oxygen atoms in total. The number of ether oxygens (including phenoxy) is 2. The predicted molar refractivity (Wildman–Crippen MR) is 70.6 cm³/mol. The third-order valence-corrected chi connectivity index (χ3v) is 3.03. The maximum absolute atomic E-state index is 11.3. The van der Waals surface area contributed by atoms with Gasteiger partial charge in [-0.1, -0.05) is 0 Å². The first-order valence-corrected chi connectivity index (χ1v) is 6.01. The minimum absolute atomic E-state index is 0.270. The molecule has 5 heteroatoms. The Morgan fingerprint density at radius 1 is 1.10 bits per heavy atom. The number of amides is 1. The number of primary amides is 1. The van der Waals surface area contributed by atoms with Crippen molar-refractivity contribution in [2.45, 2.75) is 6.61 Å². The van der Waals surface area contributed by atoms with Crippen LogP contribution in [0.15, 0.2) is 42.5 Å². The summed E-state index contributed by atoms with van der Waals surface area (Å²) in [6, 6.07) is 11.7. The molecule has 2 aromatic rings. The number of hydrogen-bond acceptors (Lipinski definition) is 4. The SMILES string of the molecule is NC(=O)c1ccc(Oc2ccc3c(c2)COC3=O)cc1. The average molecular weight is 269 g/mol. The van der Waals surface area contributed by atoms with Gasteiger partial charge >= 0.3 is 5.97 Å². The highest BCUT2D eigenvalue weighted by molar-refractivity contribution is 5.93. The Labute approximate surface area is 114 Å². The monoisotopic (exact) mass is 269 g/mol. The standard InChI is InChI=1S/C15H11NO4/c16-14(17)9-1-3-11(4-2-9)20-12-5-6-13-10(7-12)8-19-15(13)18/h1-7H,8H2,(H2,16,17). The number of hydrogen-bond donors (Lipinski definition) is 1. The zero-order chi connectivity index (χ0) is 14.1. The minimum atomic E-state index is -0.482. The quantitative estimate of drug-likeness (QED) is 0.867. The van der Waals surface area contributed by atoms with Gasteiger partial charge in [0, 0.05) is 11.1 Å². The van der Waals surface area contributed by atoms with Gasteiger partial charge < -0.3 is 15.2 Å². The van der Waals surface area contributed by atoms with Crippen molar-refractivity contribution in [3.05, 3.63) is 59.2 Å². The number of cyclic esters (lactones) is 1. The van der Waals surface area contributed by atoms with E-state index in [1.807, 2.05) is 0 Å². The lowest BCUT2D eigenvalue weighted by atomic mass is 10.1. The first-order valence-electron chi connectivity index (χ1n) is 6.01. The fourth-order valence-corrected chi connectivity index (χ4v) is 2.00. The van der Waals surface area contributed by atoms with Crippen molar-refractivity contribution >= 4 is 11.9 Å². The molecule has 2 aromatic carbocycles. The molecule has 0 fully saturated rings. The lowest BCUT2D eigenvalue weighted by molar-refractivity contribution is 0.0535. The fourth-order valence-electron chi connectivity index (χ4n) is 2.00. The Morgan fingerprint density at radius 2 is 1.80 bits per heavy atom. The van der Waals surface area contributed by atoms with Gasteiger partial charge in [-0.05, 0) is 42.5 Å². The van der Waals surface area contributed by atoms with Crippen LogP contribution in [0.5, 0.6) is 11.5 Å². The first-order chi connectivity index (χ1) is 9.63. The molecule has 20 heavy (non-hydrogen) atoms. The van der Waals surface area contributed by atoms with Crippen LogP contribution in [-0.2, 0) is 11.3 Å². The Morgan fingerprint density at radius 3 is 2.50 bits per heavy atom. The first kappa shape index (κ1) is 12.2. The number of rotatable bonds is 3. The molecule has 0 bridgehead atoms. The number of fused-ring (bicyclic) bond motifs is 1. The van der Waals surface area contributed by atoms with E-state index in [0.717, 1.165) is 5.56 Å². The summed E-state index contributed by atoms with van der Waals surface area (Å²) in [5.74, 6) is 0.399. The van der Waals surface area contributed by atoms with Gasteiger partial charge in [0.2, 0.25) is 5.91 Å². The Kier molecular flexibility index (Phi) is 2.87. The smallest absolute Gasteiger partial charge is 0.338 e. The molecule has 0 aromatic heterocycles. The van der Waals surface area contributed by atoms with Gasteiger partial charge in [-0.3, -0.25) is 4.79 Å². The van der Waals surface area contributed by atoms with Crippen molar-refractivity contribution in [1.29, 1.82) is 0 Å². The van der Waals surface area contributed by atoms with E-state index in [1.54, 1.807) is 42.5 Å². The molecule has 1 aliphatic heterocycles. The highest BCUT2D eigenvalue weighted by Gasteiger charge is 2.21. The van der Waals surface area contributed by atoms with Gasteiger partial charge in [0.05, 0.1) is 5.56 Å². The molecular formula is C15H11NO4. The summed E-state index contributed by atoms with van der Waals surface area (Å²) >= 11 is 0.